The molecule has 1 aromatic heterocycles. The van der Waals surface area contributed by atoms with Crippen LogP contribution in [0, 0.1) is 11.8 Å². The van der Waals surface area contributed by atoms with Crippen LogP contribution in [0.3, 0.4) is 0 Å². The second kappa shape index (κ2) is 11.5. The van der Waals surface area contributed by atoms with Gasteiger partial charge in [-0.3, -0.25) is 9.59 Å². The first-order valence-electron chi connectivity index (χ1n) is 12.8. The van der Waals surface area contributed by atoms with Gasteiger partial charge in [-0.2, -0.15) is 0 Å². The zero-order valence-electron chi connectivity index (χ0n) is 21.0. The molecule has 1 N–H and O–H groups in total. The number of piperidine rings is 1. The second-order valence-electron chi connectivity index (χ2n) is 9.30. The number of hydrogen-bond donors (Lipinski definition) is 1. The smallest absolute Gasteiger partial charge is 0.253 e. The van der Waals surface area contributed by atoms with Crippen LogP contribution in [-0.2, 0) is 4.79 Å². The van der Waals surface area contributed by atoms with Gasteiger partial charge in [0.15, 0.2) is 5.58 Å². The van der Waals surface area contributed by atoms with Gasteiger partial charge in [0.2, 0.25) is 11.8 Å². The molecule has 0 radical (unpaired) electrons. The molecule has 7 heteroatoms. The average Bonchev–Trinajstić information content (AvgIpc) is 3.34. The average molecular weight is 477 g/mol. The molecule has 1 aliphatic heterocycles. The molecule has 0 aliphatic carbocycles. The summed E-state index contributed by atoms with van der Waals surface area (Å²) in [6.45, 7) is 11.1. The molecule has 186 valence electrons. The van der Waals surface area contributed by atoms with Crippen molar-refractivity contribution >= 4 is 22.9 Å². The largest absolute Gasteiger partial charge is 0.436 e. The van der Waals surface area contributed by atoms with Crippen molar-refractivity contribution in [2.24, 2.45) is 11.8 Å². The summed E-state index contributed by atoms with van der Waals surface area (Å²) < 4.78 is 5.94. The summed E-state index contributed by atoms with van der Waals surface area (Å²) in [6, 6.07) is 15.2. The van der Waals surface area contributed by atoms with Crippen LogP contribution in [0.4, 0.5) is 0 Å². The molecular formula is C28H36N4O3. The molecule has 2 aromatic carbocycles. The highest BCUT2D eigenvalue weighted by molar-refractivity contribution is 5.97. The summed E-state index contributed by atoms with van der Waals surface area (Å²) in [5.74, 6) is 0.908. The Morgan fingerprint density at radius 2 is 1.83 bits per heavy atom. The third-order valence-electron chi connectivity index (χ3n) is 7.23. The third kappa shape index (κ3) is 5.90. The van der Waals surface area contributed by atoms with E-state index in [0.29, 0.717) is 36.7 Å². The fourth-order valence-corrected chi connectivity index (χ4v) is 4.80. The van der Waals surface area contributed by atoms with Crippen molar-refractivity contribution in [3.63, 3.8) is 0 Å². The van der Waals surface area contributed by atoms with E-state index in [2.05, 4.69) is 29.0 Å². The topological polar surface area (TPSA) is 78.7 Å². The highest BCUT2D eigenvalue weighted by Gasteiger charge is 2.30. The van der Waals surface area contributed by atoms with Gasteiger partial charge in [0.1, 0.15) is 5.52 Å². The molecule has 2 heterocycles. The van der Waals surface area contributed by atoms with E-state index in [9.17, 15) is 9.59 Å². The quantitative estimate of drug-likeness (QED) is 0.494. The summed E-state index contributed by atoms with van der Waals surface area (Å²) in [7, 11) is 0. The van der Waals surface area contributed by atoms with Crippen molar-refractivity contribution in [1.29, 1.82) is 0 Å². The van der Waals surface area contributed by atoms with Crippen molar-refractivity contribution < 1.29 is 14.0 Å². The van der Waals surface area contributed by atoms with E-state index in [1.165, 1.54) is 0 Å². The standard InChI is InChI=1S/C28H36N4O3/c1-4-31(5-2)18-15-29-26(33)20(3)21-13-16-32(17-14-21)28(34)23-11-12-24-25(19-23)35-27(30-24)22-9-7-6-8-10-22/h6-12,19-21H,4-5,13-18H2,1-3H3,(H,29,33)/t20-/m0/s1. The molecule has 1 aliphatic rings. The number of hydrogen-bond acceptors (Lipinski definition) is 5. The van der Waals surface area contributed by atoms with Crippen molar-refractivity contribution in [2.45, 2.75) is 33.6 Å². The van der Waals surface area contributed by atoms with Crippen molar-refractivity contribution in [2.75, 3.05) is 39.3 Å². The number of fused-ring (bicyclic) bond motifs is 1. The molecule has 1 atom stereocenters. The monoisotopic (exact) mass is 476 g/mol. The van der Waals surface area contributed by atoms with Crippen LogP contribution in [-0.4, -0.2) is 65.9 Å². The highest BCUT2D eigenvalue weighted by atomic mass is 16.3. The Morgan fingerprint density at radius 1 is 1.11 bits per heavy atom. The van der Waals surface area contributed by atoms with Crippen molar-refractivity contribution in [1.82, 2.24) is 20.1 Å². The lowest BCUT2D eigenvalue weighted by atomic mass is 9.84. The van der Waals surface area contributed by atoms with E-state index in [1.54, 1.807) is 6.07 Å². The minimum Gasteiger partial charge on any atom is -0.436 e. The van der Waals surface area contributed by atoms with Crippen LogP contribution in [0.1, 0.15) is 44.0 Å². The number of amides is 2. The van der Waals surface area contributed by atoms with E-state index < -0.39 is 0 Å². The number of rotatable bonds is 9. The summed E-state index contributed by atoms with van der Waals surface area (Å²) in [5.41, 5.74) is 2.86. The molecule has 0 spiro atoms. The predicted molar refractivity (Wildman–Crippen MR) is 138 cm³/mol. The van der Waals surface area contributed by atoms with Crippen LogP contribution in [0.15, 0.2) is 52.9 Å². The Bertz CT molecular complexity index is 1130. The molecule has 4 rings (SSSR count). The zero-order valence-corrected chi connectivity index (χ0v) is 21.0. The highest BCUT2D eigenvalue weighted by Crippen LogP contribution is 2.28. The van der Waals surface area contributed by atoms with Gasteiger partial charge in [0, 0.05) is 43.2 Å². The minimum atomic E-state index is -0.0501. The van der Waals surface area contributed by atoms with Crippen LogP contribution >= 0.6 is 0 Å². The van der Waals surface area contributed by atoms with Gasteiger partial charge in [-0.05, 0) is 62.2 Å². The first-order chi connectivity index (χ1) is 17.0. The van der Waals surface area contributed by atoms with Crippen molar-refractivity contribution in [3.8, 4) is 11.5 Å². The third-order valence-corrected chi connectivity index (χ3v) is 7.23. The van der Waals surface area contributed by atoms with E-state index >= 15 is 0 Å². The Kier molecular flexibility index (Phi) is 8.18. The summed E-state index contributed by atoms with van der Waals surface area (Å²) >= 11 is 0. The maximum Gasteiger partial charge on any atom is 0.253 e. The first kappa shape index (κ1) is 24.9. The number of likely N-dealkylation sites (tertiary alicyclic amines) is 1. The Morgan fingerprint density at radius 3 is 2.51 bits per heavy atom. The SMILES string of the molecule is CCN(CC)CCNC(=O)[C@@H](C)C1CCN(C(=O)c2ccc3nc(-c4ccccc4)oc3c2)CC1. The van der Waals surface area contributed by atoms with Crippen LogP contribution < -0.4 is 5.32 Å². The fourth-order valence-electron chi connectivity index (χ4n) is 4.80. The molecule has 35 heavy (non-hydrogen) atoms. The first-order valence-corrected chi connectivity index (χ1v) is 12.8. The Balaban J connectivity index is 1.32. The fraction of sp³-hybridized carbons (Fsp3) is 0.464. The number of likely N-dealkylation sites (N-methyl/N-ethyl adjacent to an activating group) is 1. The van der Waals surface area contributed by atoms with Crippen molar-refractivity contribution in [3.05, 3.63) is 54.1 Å². The normalized spacial score (nSPS) is 15.5. The molecule has 0 saturated carbocycles. The molecular weight excluding hydrogens is 440 g/mol. The lowest BCUT2D eigenvalue weighted by Crippen LogP contribution is -2.43. The van der Waals surface area contributed by atoms with E-state index in [-0.39, 0.29) is 23.7 Å². The summed E-state index contributed by atoms with van der Waals surface area (Å²) in [6.07, 6.45) is 1.66. The summed E-state index contributed by atoms with van der Waals surface area (Å²) in [5, 5.41) is 3.09. The van der Waals surface area contributed by atoms with Gasteiger partial charge in [0.05, 0.1) is 0 Å². The van der Waals surface area contributed by atoms with Gasteiger partial charge < -0.3 is 19.5 Å². The second-order valence-corrected chi connectivity index (χ2v) is 9.30. The maximum atomic E-state index is 13.2. The number of aromatic nitrogens is 1. The van der Waals surface area contributed by atoms with Gasteiger partial charge in [-0.25, -0.2) is 4.98 Å². The number of carbonyl (C=O) groups excluding carboxylic acids is 2. The minimum absolute atomic E-state index is 0.000613. The maximum absolute atomic E-state index is 13.2. The number of benzene rings is 2. The van der Waals surface area contributed by atoms with E-state index in [1.807, 2.05) is 54.3 Å². The lowest BCUT2D eigenvalue weighted by molar-refractivity contribution is -0.126. The van der Waals surface area contributed by atoms with E-state index in [0.717, 1.165) is 43.6 Å². The number of nitrogens with one attached hydrogen (secondary N) is 1. The molecule has 1 fully saturated rings. The molecule has 0 bridgehead atoms. The predicted octanol–water partition coefficient (Wildman–Crippen LogP) is 4.44. The van der Waals surface area contributed by atoms with Gasteiger partial charge >= 0.3 is 0 Å². The van der Waals surface area contributed by atoms with E-state index in [4.69, 9.17) is 4.42 Å². The Labute approximate surface area is 207 Å². The van der Waals surface area contributed by atoms with Gasteiger partial charge in [-0.1, -0.05) is 39.0 Å². The summed E-state index contributed by atoms with van der Waals surface area (Å²) in [4.78, 5) is 34.5. The van der Waals surface area contributed by atoms with Gasteiger partial charge in [0.25, 0.3) is 5.91 Å². The number of nitrogens with zero attached hydrogens (tertiary/aromatic N) is 3. The zero-order chi connectivity index (χ0) is 24.8. The molecule has 1 saturated heterocycles. The molecule has 2 amide bonds. The molecule has 0 unspecified atom stereocenters. The molecule has 7 nitrogen and oxygen atoms in total. The van der Waals surface area contributed by atoms with Gasteiger partial charge in [-0.15, -0.1) is 0 Å². The number of oxazole rings is 1. The van der Waals surface area contributed by atoms with Crippen LogP contribution in [0.25, 0.3) is 22.6 Å². The lowest BCUT2D eigenvalue weighted by Gasteiger charge is -2.34. The molecule has 3 aromatic rings. The van der Waals surface area contributed by atoms with Crippen LogP contribution in [0.5, 0.6) is 0 Å². The Hall–Kier alpha value is -3.19. The van der Waals surface area contributed by atoms with Crippen LogP contribution in [0.2, 0.25) is 0 Å². The number of carbonyl (C=O) groups is 2.